The molecule has 0 saturated heterocycles. The third-order valence-corrected chi connectivity index (χ3v) is 2.23. The zero-order valence-electron chi connectivity index (χ0n) is 8.36. The van der Waals surface area contributed by atoms with Crippen molar-refractivity contribution in [2.45, 2.75) is 45.2 Å². The predicted octanol–water partition coefficient (Wildman–Crippen LogP) is 0.552. The molecule has 0 aliphatic heterocycles. The normalized spacial score (nSPS) is 15.8. The van der Waals surface area contributed by atoms with E-state index in [1.165, 1.54) is 0 Å². The number of nitrogens with two attached hydrogens (primary N) is 2. The Labute approximate surface area is 79.3 Å². The molecular weight excluding hydrogens is 168 g/mol. The molecule has 0 rings (SSSR count). The second-order valence-electron chi connectivity index (χ2n) is 3.78. The third kappa shape index (κ3) is 5.60. The lowest BCUT2D eigenvalue weighted by molar-refractivity contribution is -0.138. The summed E-state index contributed by atoms with van der Waals surface area (Å²) in [5.74, 6) is -0.487. The van der Waals surface area contributed by atoms with E-state index in [1.807, 2.05) is 0 Å². The number of carboxylic acids is 1. The molecule has 0 aliphatic rings. The van der Waals surface area contributed by atoms with Crippen LogP contribution >= 0.6 is 0 Å². The van der Waals surface area contributed by atoms with Gasteiger partial charge in [-0.05, 0) is 25.2 Å². The minimum atomic E-state index is -0.932. The summed E-state index contributed by atoms with van der Waals surface area (Å²) in [5, 5.41) is 8.50. The molecule has 1 unspecified atom stereocenters. The van der Waals surface area contributed by atoms with Crippen LogP contribution in [0, 0.1) is 5.92 Å². The van der Waals surface area contributed by atoms with Crippen molar-refractivity contribution in [1.29, 1.82) is 0 Å². The van der Waals surface area contributed by atoms with Crippen molar-refractivity contribution in [2.24, 2.45) is 17.4 Å². The molecule has 0 aromatic rings. The Morgan fingerprint density at radius 3 is 2.23 bits per heavy atom. The monoisotopic (exact) mass is 188 g/mol. The number of rotatable bonds is 6. The van der Waals surface area contributed by atoms with Gasteiger partial charge in [0.1, 0.15) is 6.04 Å². The van der Waals surface area contributed by atoms with E-state index in [0.717, 1.165) is 12.8 Å². The first-order valence-electron chi connectivity index (χ1n) is 4.69. The molecule has 0 radical (unpaired) electrons. The predicted molar refractivity (Wildman–Crippen MR) is 52.3 cm³/mol. The van der Waals surface area contributed by atoms with Crippen LogP contribution in [0.1, 0.15) is 33.1 Å². The molecule has 0 amide bonds. The first-order valence-corrected chi connectivity index (χ1v) is 4.69. The second kappa shape index (κ2) is 5.94. The van der Waals surface area contributed by atoms with Crippen LogP contribution in [0.15, 0.2) is 0 Å². The fourth-order valence-electron chi connectivity index (χ4n) is 1.03. The molecule has 0 bridgehead atoms. The molecule has 13 heavy (non-hydrogen) atoms. The topological polar surface area (TPSA) is 89.3 Å². The average Bonchev–Trinajstić information content (AvgIpc) is 2.03. The summed E-state index contributed by atoms with van der Waals surface area (Å²) < 4.78 is 0. The quantitative estimate of drug-likeness (QED) is 0.568. The Morgan fingerprint density at radius 1 is 1.31 bits per heavy atom. The molecule has 2 atom stereocenters. The standard InChI is InChI=1S/C9H20N2O2/c1-6(2)7(10)4-3-5-8(11)9(12)13/h6-8H,3-5,10-11H2,1-2H3,(H,12,13)/t7?,8-/m0/s1. The summed E-state index contributed by atoms with van der Waals surface area (Å²) in [4.78, 5) is 10.4. The Balaban J connectivity index is 3.50. The summed E-state index contributed by atoms with van der Waals surface area (Å²) in [6.07, 6.45) is 2.14. The van der Waals surface area contributed by atoms with E-state index in [9.17, 15) is 4.79 Å². The van der Waals surface area contributed by atoms with E-state index in [4.69, 9.17) is 16.6 Å². The van der Waals surface area contributed by atoms with Crippen molar-refractivity contribution < 1.29 is 9.90 Å². The van der Waals surface area contributed by atoms with Crippen LogP contribution in [-0.4, -0.2) is 23.2 Å². The van der Waals surface area contributed by atoms with Gasteiger partial charge < -0.3 is 16.6 Å². The van der Waals surface area contributed by atoms with Gasteiger partial charge in [-0.2, -0.15) is 0 Å². The maximum atomic E-state index is 10.4. The van der Waals surface area contributed by atoms with Crippen molar-refractivity contribution >= 4 is 5.97 Å². The van der Waals surface area contributed by atoms with E-state index >= 15 is 0 Å². The maximum Gasteiger partial charge on any atom is 0.320 e. The van der Waals surface area contributed by atoms with Gasteiger partial charge in [-0.25, -0.2) is 0 Å². The van der Waals surface area contributed by atoms with Gasteiger partial charge in [-0.1, -0.05) is 13.8 Å². The number of hydrogen-bond acceptors (Lipinski definition) is 3. The highest BCUT2D eigenvalue weighted by atomic mass is 16.4. The van der Waals surface area contributed by atoms with Gasteiger partial charge in [-0.3, -0.25) is 4.79 Å². The second-order valence-corrected chi connectivity index (χ2v) is 3.78. The van der Waals surface area contributed by atoms with E-state index in [0.29, 0.717) is 12.3 Å². The maximum absolute atomic E-state index is 10.4. The summed E-state index contributed by atoms with van der Waals surface area (Å²) in [5.41, 5.74) is 11.1. The van der Waals surface area contributed by atoms with Crippen molar-refractivity contribution in [3.8, 4) is 0 Å². The molecule has 78 valence electrons. The molecular formula is C9H20N2O2. The summed E-state index contributed by atoms with van der Waals surface area (Å²) in [6, 6.07) is -0.583. The van der Waals surface area contributed by atoms with Crippen molar-refractivity contribution in [3.05, 3.63) is 0 Å². The van der Waals surface area contributed by atoms with Crippen molar-refractivity contribution in [3.63, 3.8) is 0 Å². The van der Waals surface area contributed by atoms with Gasteiger partial charge >= 0.3 is 5.97 Å². The highest BCUT2D eigenvalue weighted by Gasteiger charge is 2.12. The molecule has 0 heterocycles. The van der Waals surface area contributed by atoms with Crippen LogP contribution < -0.4 is 11.5 Å². The molecule has 0 aromatic heterocycles. The molecule has 0 fully saturated rings. The van der Waals surface area contributed by atoms with Crippen LogP contribution in [0.4, 0.5) is 0 Å². The zero-order chi connectivity index (χ0) is 10.4. The van der Waals surface area contributed by atoms with Crippen LogP contribution in [0.25, 0.3) is 0 Å². The summed E-state index contributed by atoms with van der Waals surface area (Å²) >= 11 is 0. The first kappa shape index (κ1) is 12.4. The van der Waals surface area contributed by atoms with Gasteiger partial charge in [0.2, 0.25) is 0 Å². The third-order valence-electron chi connectivity index (χ3n) is 2.23. The van der Waals surface area contributed by atoms with E-state index in [1.54, 1.807) is 0 Å². The Hall–Kier alpha value is -0.610. The Morgan fingerprint density at radius 2 is 1.85 bits per heavy atom. The highest BCUT2D eigenvalue weighted by Crippen LogP contribution is 2.08. The fraction of sp³-hybridized carbons (Fsp3) is 0.889. The minimum Gasteiger partial charge on any atom is -0.480 e. The molecule has 0 spiro atoms. The van der Waals surface area contributed by atoms with Crippen LogP contribution in [-0.2, 0) is 4.79 Å². The number of carbonyl (C=O) groups is 1. The van der Waals surface area contributed by atoms with Gasteiger partial charge in [0.05, 0.1) is 0 Å². The van der Waals surface area contributed by atoms with Gasteiger partial charge in [-0.15, -0.1) is 0 Å². The van der Waals surface area contributed by atoms with Crippen molar-refractivity contribution in [2.75, 3.05) is 0 Å². The van der Waals surface area contributed by atoms with E-state index < -0.39 is 12.0 Å². The molecule has 5 N–H and O–H groups in total. The lowest BCUT2D eigenvalue weighted by Gasteiger charge is -2.15. The summed E-state index contributed by atoms with van der Waals surface area (Å²) in [7, 11) is 0. The van der Waals surface area contributed by atoms with Crippen molar-refractivity contribution in [1.82, 2.24) is 0 Å². The van der Waals surface area contributed by atoms with Gasteiger partial charge in [0, 0.05) is 6.04 Å². The number of hydrogen-bond donors (Lipinski definition) is 3. The number of carboxylic acid groups (broad SMARTS) is 1. The lowest BCUT2D eigenvalue weighted by Crippen LogP contribution is -2.31. The minimum absolute atomic E-state index is 0.154. The largest absolute Gasteiger partial charge is 0.480 e. The van der Waals surface area contributed by atoms with Crippen LogP contribution in [0.3, 0.4) is 0 Å². The summed E-state index contributed by atoms with van der Waals surface area (Å²) in [6.45, 7) is 4.11. The fourth-order valence-corrected chi connectivity index (χ4v) is 1.03. The SMILES string of the molecule is CC(C)C(N)CCC[C@H](N)C(=O)O. The average molecular weight is 188 g/mol. The van der Waals surface area contributed by atoms with E-state index in [2.05, 4.69) is 13.8 Å². The highest BCUT2D eigenvalue weighted by molar-refractivity contribution is 5.72. The Kier molecular flexibility index (Phi) is 5.66. The molecule has 0 saturated carbocycles. The first-order chi connectivity index (χ1) is 5.95. The zero-order valence-corrected chi connectivity index (χ0v) is 8.36. The van der Waals surface area contributed by atoms with Crippen LogP contribution in [0.2, 0.25) is 0 Å². The van der Waals surface area contributed by atoms with Crippen LogP contribution in [0.5, 0.6) is 0 Å². The van der Waals surface area contributed by atoms with E-state index in [-0.39, 0.29) is 6.04 Å². The van der Waals surface area contributed by atoms with Gasteiger partial charge in [0.25, 0.3) is 0 Å². The lowest BCUT2D eigenvalue weighted by atomic mass is 9.98. The number of aliphatic carboxylic acids is 1. The smallest absolute Gasteiger partial charge is 0.320 e. The molecule has 0 aromatic carbocycles. The molecule has 4 heteroatoms. The molecule has 4 nitrogen and oxygen atoms in total. The Bertz CT molecular complexity index is 160. The van der Waals surface area contributed by atoms with Gasteiger partial charge in [0.15, 0.2) is 0 Å². The molecule has 0 aliphatic carbocycles.